The summed E-state index contributed by atoms with van der Waals surface area (Å²) >= 11 is 0. The molecule has 0 saturated carbocycles. The smallest absolute Gasteiger partial charge is 0.331 e. The predicted octanol–water partition coefficient (Wildman–Crippen LogP) is 1.50. The maximum absolute atomic E-state index is 11.8. The van der Waals surface area contributed by atoms with Gasteiger partial charge in [-0.15, -0.1) is 0 Å². The molecule has 2 rings (SSSR count). The van der Waals surface area contributed by atoms with Crippen molar-refractivity contribution in [3.05, 3.63) is 47.5 Å². The van der Waals surface area contributed by atoms with Crippen molar-refractivity contribution in [2.24, 2.45) is 10.2 Å². The van der Waals surface area contributed by atoms with E-state index in [9.17, 15) is 19.8 Å². The fraction of sp³-hybridized carbons (Fsp3) is 0.200. The minimum absolute atomic E-state index is 0.138. The molecule has 0 atom stereocenters. The third kappa shape index (κ3) is 5.96. The zero-order valence-electron chi connectivity index (χ0n) is 16.5. The SMILES string of the molecule is CCOc1cccc(C=NNC(=O)C(=O)NN=Cc2cccc(OCC)c2O)c1O. The Kier molecular flexibility index (Phi) is 8.18. The van der Waals surface area contributed by atoms with Crippen LogP contribution in [0.2, 0.25) is 0 Å². The summed E-state index contributed by atoms with van der Waals surface area (Å²) in [7, 11) is 0. The van der Waals surface area contributed by atoms with Crippen molar-refractivity contribution >= 4 is 24.2 Å². The van der Waals surface area contributed by atoms with Crippen LogP contribution >= 0.6 is 0 Å². The number of hydrazone groups is 2. The van der Waals surface area contributed by atoms with Crippen molar-refractivity contribution in [2.45, 2.75) is 13.8 Å². The monoisotopic (exact) mass is 414 g/mol. The average Bonchev–Trinajstić information content (AvgIpc) is 2.73. The van der Waals surface area contributed by atoms with Gasteiger partial charge < -0.3 is 19.7 Å². The molecule has 4 N–H and O–H groups in total. The number of carbonyl (C=O) groups is 2. The highest BCUT2D eigenvalue weighted by Crippen LogP contribution is 2.29. The van der Waals surface area contributed by atoms with E-state index in [1.807, 2.05) is 10.9 Å². The molecule has 2 aromatic carbocycles. The zero-order valence-corrected chi connectivity index (χ0v) is 16.5. The second-order valence-electron chi connectivity index (χ2n) is 5.65. The minimum Gasteiger partial charge on any atom is -0.504 e. The molecule has 0 bridgehead atoms. The van der Waals surface area contributed by atoms with Gasteiger partial charge in [-0.1, -0.05) is 12.1 Å². The van der Waals surface area contributed by atoms with E-state index in [2.05, 4.69) is 10.2 Å². The first-order chi connectivity index (χ1) is 14.5. The first-order valence-corrected chi connectivity index (χ1v) is 9.03. The van der Waals surface area contributed by atoms with Crippen molar-refractivity contribution in [1.82, 2.24) is 10.9 Å². The Morgan fingerprint density at radius 3 is 1.60 bits per heavy atom. The van der Waals surface area contributed by atoms with Crippen molar-refractivity contribution < 1.29 is 29.3 Å². The van der Waals surface area contributed by atoms with Gasteiger partial charge in [0.25, 0.3) is 0 Å². The number of hydrogen-bond donors (Lipinski definition) is 4. The standard InChI is InChI=1S/C20H22N4O6/c1-3-29-15-9-5-7-13(17(15)25)11-21-23-19(27)20(28)24-22-12-14-8-6-10-16(18(14)26)30-4-2/h5-12,25-26H,3-4H2,1-2H3,(H,23,27)(H,24,28). The number of hydrogen-bond acceptors (Lipinski definition) is 8. The second-order valence-corrected chi connectivity index (χ2v) is 5.65. The number of ether oxygens (including phenoxy) is 2. The van der Waals surface area contributed by atoms with Crippen molar-refractivity contribution in [2.75, 3.05) is 13.2 Å². The number of amides is 2. The molecule has 158 valence electrons. The molecule has 0 heterocycles. The normalized spacial score (nSPS) is 10.9. The molecule has 0 radical (unpaired) electrons. The summed E-state index contributed by atoms with van der Waals surface area (Å²) < 4.78 is 10.5. The molecule has 0 saturated heterocycles. The fourth-order valence-corrected chi connectivity index (χ4v) is 2.25. The van der Waals surface area contributed by atoms with Gasteiger partial charge >= 0.3 is 11.8 Å². The Labute approximate surface area is 172 Å². The first kappa shape index (κ1) is 22.2. The predicted molar refractivity (Wildman–Crippen MR) is 110 cm³/mol. The Morgan fingerprint density at radius 1 is 0.833 bits per heavy atom. The maximum atomic E-state index is 11.8. The van der Waals surface area contributed by atoms with Crippen LogP contribution in [0.15, 0.2) is 46.6 Å². The molecule has 0 aliphatic heterocycles. The molecule has 2 aromatic rings. The number of nitrogens with one attached hydrogen (secondary N) is 2. The summed E-state index contributed by atoms with van der Waals surface area (Å²) in [6.45, 7) is 4.30. The number of aromatic hydroxyl groups is 2. The van der Waals surface area contributed by atoms with E-state index in [1.54, 1.807) is 50.2 Å². The maximum Gasteiger partial charge on any atom is 0.331 e. The van der Waals surface area contributed by atoms with Gasteiger partial charge in [-0.25, -0.2) is 10.9 Å². The quantitative estimate of drug-likeness (QED) is 0.293. The van der Waals surface area contributed by atoms with E-state index in [0.29, 0.717) is 24.3 Å². The van der Waals surface area contributed by atoms with Gasteiger partial charge in [0.1, 0.15) is 0 Å². The molecule has 10 heteroatoms. The van der Waals surface area contributed by atoms with Crippen molar-refractivity contribution in [3.63, 3.8) is 0 Å². The zero-order chi connectivity index (χ0) is 21.9. The van der Waals surface area contributed by atoms with E-state index >= 15 is 0 Å². The van der Waals surface area contributed by atoms with Crippen molar-refractivity contribution in [1.29, 1.82) is 0 Å². The lowest BCUT2D eigenvalue weighted by atomic mass is 10.2. The number of carbonyl (C=O) groups excluding carboxylic acids is 2. The van der Waals surface area contributed by atoms with E-state index in [4.69, 9.17) is 9.47 Å². The van der Waals surface area contributed by atoms with Gasteiger partial charge in [0.2, 0.25) is 0 Å². The summed E-state index contributed by atoms with van der Waals surface area (Å²) in [5.74, 6) is -1.87. The largest absolute Gasteiger partial charge is 0.504 e. The number of phenolic OH excluding ortho intramolecular Hbond substituents is 2. The van der Waals surface area contributed by atoms with Crippen LogP contribution in [0.3, 0.4) is 0 Å². The second kappa shape index (κ2) is 11.1. The first-order valence-electron chi connectivity index (χ1n) is 9.03. The Balaban J connectivity index is 1.92. The van der Waals surface area contributed by atoms with E-state index in [1.165, 1.54) is 12.4 Å². The van der Waals surface area contributed by atoms with Gasteiger partial charge in [-0.05, 0) is 38.1 Å². The number of rotatable bonds is 8. The van der Waals surface area contributed by atoms with Crippen molar-refractivity contribution in [3.8, 4) is 23.0 Å². The van der Waals surface area contributed by atoms with Crippen LogP contribution in [0.25, 0.3) is 0 Å². The van der Waals surface area contributed by atoms with Crippen LogP contribution in [-0.2, 0) is 9.59 Å². The Morgan fingerprint density at radius 2 is 1.23 bits per heavy atom. The Hall–Kier alpha value is -4.08. The summed E-state index contributed by atoms with van der Waals surface area (Å²) in [6, 6.07) is 9.57. The molecular formula is C20H22N4O6. The molecule has 10 nitrogen and oxygen atoms in total. The summed E-state index contributed by atoms with van der Waals surface area (Å²) in [4.78, 5) is 23.5. The average molecular weight is 414 g/mol. The minimum atomic E-state index is -1.07. The Bertz CT molecular complexity index is 881. The highest BCUT2D eigenvalue weighted by Gasteiger charge is 2.12. The molecule has 0 unspecified atom stereocenters. The van der Waals surface area contributed by atoms with Gasteiger partial charge in [0.15, 0.2) is 23.0 Å². The molecule has 0 fully saturated rings. The van der Waals surface area contributed by atoms with Gasteiger partial charge in [-0.3, -0.25) is 9.59 Å². The molecule has 0 aliphatic rings. The van der Waals surface area contributed by atoms with E-state index in [0.717, 1.165) is 0 Å². The van der Waals surface area contributed by atoms with Gasteiger partial charge in [0, 0.05) is 11.1 Å². The van der Waals surface area contributed by atoms with Gasteiger partial charge in [-0.2, -0.15) is 10.2 Å². The number of para-hydroxylation sites is 2. The van der Waals surface area contributed by atoms with Crippen LogP contribution in [0.1, 0.15) is 25.0 Å². The molecule has 0 aromatic heterocycles. The van der Waals surface area contributed by atoms with E-state index in [-0.39, 0.29) is 23.0 Å². The molecule has 2 amide bonds. The summed E-state index contributed by atoms with van der Waals surface area (Å²) in [5.41, 5.74) is 4.63. The number of benzene rings is 2. The third-order valence-electron chi connectivity index (χ3n) is 3.61. The number of nitrogens with zero attached hydrogens (tertiary/aromatic N) is 2. The number of phenols is 2. The lowest BCUT2D eigenvalue weighted by molar-refractivity contribution is -0.139. The van der Waals surface area contributed by atoms with Crippen LogP contribution in [0.5, 0.6) is 23.0 Å². The molecule has 30 heavy (non-hydrogen) atoms. The van der Waals surface area contributed by atoms with E-state index < -0.39 is 11.8 Å². The molecule has 0 aliphatic carbocycles. The van der Waals surface area contributed by atoms with Crippen LogP contribution in [0.4, 0.5) is 0 Å². The fourth-order valence-electron chi connectivity index (χ4n) is 2.25. The lowest BCUT2D eigenvalue weighted by Crippen LogP contribution is -2.35. The van der Waals surface area contributed by atoms with Crippen LogP contribution in [-0.4, -0.2) is 47.7 Å². The summed E-state index contributed by atoms with van der Waals surface area (Å²) in [6.07, 6.45) is 2.34. The molecule has 0 spiro atoms. The van der Waals surface area contributed by atoms with Gasteiger partial charge in [0.05, 0.1) is 25.6 Å². The lowest BCUT2D eigenvalue weighted by Gasteiger charge is -2.07. The third-order valence-corrected chi connectivity index (χ3v) is 3.61. The molecular weight excluding hydrogens is 392 g/mol. The summed E-state index contributed by atoms with van der Waals surface area (Å²) in [5, 5.41) is 27.3. The van der Waals surface area contributed by atoms with Crippen LogP contribution in [0, 0.1) is 0 Å². The highest BCUT2D eigenvalue weighted by molar-refractivity contribution is 6.35. The highest BCUT2D eigenvalue weighted by atomic mass is 16.5. The van der Waals surface area contributed by atoms with Crippen LogP contribution < -0.4 is 20.3 Å². The topological polar surface area (TPSA) is 142 Å².